The Morgan fingerprint density at radius 2 is 1.79 bits per heavy atom. The van der Waals surface area contributed by atoms with Crippen LogP contribution in [0.2, 0.25) is 0 Å². The van der Waals surface area contributed by atoms with Crippen molar-refractivity contribution in [2.75, 3.05) is 0 Å². The molecule has 1 aromatic rings. The summed E-state index contributed by atoms with van der Waals surface area (Å²) in [5, 5.41) is 0. The molecule has 0 radical (unpaired) electrons. The van der Waals surface area contributed by atoms with E-state index in [-0.39, 0.29) is 4.90 Å². The van der Waals surface area contributed by atoms with Gasteiger partial charge in [-0.05, 0) is 39.8 Å². The Labute approximate surface area is 85.1 Å². The third-order valence-electron chi connectivity index (χ3n) is 2.00. The largest absolute Gasteiger partial charge is 0.260 e. The summed E-state index contributed by atoms with van der Waals surface area (Å²) in [5.41, 5.74) is 0.817. The van der Waals surface area contributed by atoms with Crippen molar-refractivity contribution in [3.63, 3.8) is 0 Å². The standard InChI is InChI=1S/C10H15NO2S/c1-8-5-6-9(7-11-8)14(12,13)10(2,3)4/h5-7H,1-4H3. The molecule has 4 heteroatoms. The fraction of sp³-hybridized carbons (Fsp3) is 0.500. The predicted molar refractivity (Wildman–Crippen MR) is 55.9 cm³/mol. The van der Waals surface area contributed by atoms with E-state index in [1.165, 1.54) is 6.20 Å². The Balaban J connectivity index is 3.25. The third-order valence-corrected chi connectivity index (χ3v) is 4.48. The van der Waals surface area contributed by atoms with Gasteiger partial charge in [-0.25, -0.2) is 8.42 Å². The quantitative estimate of drug-likeness (QED) is 0.716. The van der Waals surface area contributed by atoms with E-state index in [0.29, 0.717) is 0 Å². The first kappa shape index (κ1) is 11.2. The Kier molecular flexibility index (Phi) is 2.67. The topological polar surface area (TPSA) is 47.0 Å². The number of aromatic nitrogens is 1. The van der Waals surface area contributed by atoms with Crippen LogP contribution >= 0.6 is 0 Å². The van der Waals surface area contributed by atoms with Crippen molar-refractivity contribution < 1.29 is 8.42 Å². The van der Waals surface area contributed by atoms with Gasteiger partial charge in [0.2, 0.25) is 0 Å². The van der Waals surface area contributed by atoms with Crippen LogP contribution in [0, 0.1) is 6.92 Å². The van der Waals surface area contributed by atoms with Gasteiger partial charge in [-0.2, -0.15) is 0 Å². The third kappa shape index (κ3) is 1.95. The van der Waals surface area contributed by atoms with E-state index in [1.54, 1.807) is 32.9 Å². The van der Waals surface area contributed by atoms with E-state index in [0.717, 1.165) is 5.69 Å². The highest BCUT2D eigenvalue weighted by Crippen LogP contribution is 2.23. The van der Waals surface area contributed by atoms with Crippen molar-refractivity contribution in [1.82, 2.24) is 4.98 Å². The SMILES string of the molecule is Cc1ccc(S(=O)(=O)C(C)(C)C)cn1. The van der Waals surface area contributed by atoms with E-state index in [4.69, 9.17) is 0 Å². The lowest BCUT2D eigenvalue weighted by molar-refractivity contribution is 0.560. The Morgan fingerprint density at radius 3 is 2.14 bits per heavy atom. The van der Waals surface area contributed by atoms with Crippen LogP contribution in [-0.2, 0) is 9.84 Å². The molecule has 78 valence electrons. The molecule has 0 saturated heterocycles. The van der Waals surface area contributed by atoms with E-state index in [9.17, 15) is 8.42 Å². The summed E-state index contributed by atoms with van der Waals surface area (Å²) in [4.78, 5) is 4.27. The number of nitrogens with zero attached hydrogens (tertiary/aromatic N) is 1. The predicted octanol–water partition coefficient (Wildman–Crippen LogP) is 1.96. The molecule has 0 spiro atoms. The van der Waals surface area contributed by atoms with Gasteiger partial charge in [0.05, 0.1) is 9.64 Å². The molecular formula is C10H15NO2S. The number of aryl methyl sites for hydroxylation is 1. The first-order valence-electron chi connectivity index (χ1n) is 4.42. The monoisotopic (exact) mass is 213 g/mol. The van der Waals surface area contributed by atoms with E-state index in [1.807, 2.05) is 6.92 Å². The zero-order valence-corrected chi connectivity index (χ0v) is 9.72. The lowest BCUT2D eigenvalue weighted by Gasteiger charge is -2.18. The molecule has 0 N–H and O–H groups in total. The summed E-state index contributed by atoms with van der Waals surface area (Å²) < 4.78 is 23.1. The Bertz CT molecular complexity index is 412. The summed E-state index contributed by atoms with van der Waals surface area (Å²) >= 11 is 0. The van der Waals surface area contributed by atoms with Gasteiger partial charge < -0.3 is 0 Å². The van der Waals surface area contributed by atoms with Crippen LogP contribution in [0.25, 0.3) is 0 Å². The van der Waals surface area contributed by atoms with Gasteiger partial charge in [-0.15, -0.1) is 0 Å². The number of sulfone groups is 1. The number of hydrogen-bond acceptors (Lipinski definition) is 3. The van der Waals surface area contributed by atoms with Crippen molar-refractivity contribution >= 4 is 9.84 Å². The zero-order valence-electron chi connectivity index (χ0n) is 8.90. The molecule has 0 aliphatic carbocycles. The Morgan fingerprint density at radius 1 is 1.21 bits per heavy atom. The minimum Gasteiger partial charge on any atom is -0.260 e. The fourth-order valence-electron chi connectivity index (χ4n) is 0.967. The molecule has 0 bridgehead atoms. The van der Waals surface area contributed by atoms with Crippen molar-refractivity contribution in [3.05, 3.63) is 24.0 Å². The highest BCUT2D eigenvalue weighted by atomic mass is 32.2. The van der Waals surface area contributed by atoms with Gasteiger partial charge in [-0.1, -0.05) is 0 Å². The highest BCUT2D eigenvalue weighted by molar-refractivity contribution is 7.92. The van der Waals surface area contributed by atoms with Gasteiger partial charge in [0.1, 0.15) is 0 Å². The minimum absolute atomic E-state index is 0.288. The van der Waals surface area contributed by atoms with Crippen LogP contribution in [0.1, 0.15) is 26.5 Å². The van der Waals surface area contributed by atoms with Gasteiger partial charge in [0, 0.05) is 11.9 Å². The van der Waals surface area contributed by atoms with Crippen molar-refractivity contribution in [2.24, 2.45) is 0 Å². The first-order valence-corrected chi connectivity index (χ1v) is 5.91. The number of pyridine rings is 1. The van der Waals surface area contributed by atoms with Crippen molar-refractivity contribution in [2.45, 2.75) is 37.3 Å². The normalized spacial score (nSPS) is 12.9. The molecule has 0 aromatic carbocycles. The molecule has 1 rings (SSSR count). The highest BCUT2D eigenvalue weighted by Gasteiger charge is 2.30. The van der Waals surface area contributed by atoms with Crippen molar-refractivity contribution in [3.8, 4) is 0 Å². The summed E-state index contributed by atoms with van der Waals surface area (Å²) in [6.45, 7) is 6.88. The molecule has 0 aliphatic rings. The van der Waals surface area contributed by atoms with E-state index >= 15 is 0 Å². The fourth-order valence-corrected chi connectivity index (χ4v) is 2.11. The van der Waals surface area contributed by atoms with Gasteiger partial charge in [0.15, 0.2) is 9.84 Å². The lowest BCUT2D eigenvalue weighted by Crippen LogP contribution is -2.28. The molecule has 14 heavy (non-hydrogen) atoms. The average Bonchev–Trinajstić information content (AvgIpc) is 2.03. The molecule has 0 unspecified atom stereocenters. The maximum absolute atomic E-state index is 11.9. The van der Waals surface area contributed by atoms with E-state index in [2.05, 4.69) is 4.98 Å². The number of rotatable bonds is 1. The summed E-state index contributed by atoms with van der Waals surface area (Å²) in [6, 6.07) is 3.31. The average molecular weight is 213 g/mol. The molecule has 1 aromatic heterocycles. The van der Waals surface area contributed by atoms with Crippen LogP contribution in [0.15, 0.2) is 23.2 Å². The maximum Gasteiger partial charge on any atom is 0.184 e. The van der Waals surface area contributed by atoms with Crippen LogP contribution in [-0.4, -0.2) is 18.1 Å². The summed E-state index contributed by atoms with van der Waals surface area (Å²) in [6.07, 6.45) is 1.41. The van der Waals surface area contributed by atoms with Gasteiger partial charge >= 0.3 is 0 Å². The molecule has 0 aliphatic heterocycles. The van der Waals surface area contributed by atoms with Crippen molar-refractivity contribution in [1.29, 1.82) is 0 Å². The lowest BCUT2D eigenvalue weighted by atomic mass is 10.3. The molecular weight excluding hydrogens is 198 g/mol. The summed E-state index contributed by atoms with van der Waals surface area (Å²) in [7, 11) is -3.26. The van der Waals surface area contributed by atoms with Crippen LogP contribution in [0.5, 0.6) is 0 Å². The van der Waals surface area contributed by atoms with Gasteiger partial charge in [0.25, 0.3) is 0 Å². The second-order valence-electron chi connectivity index (χ2n) is 4.25. The van der Waals surface area contributed by atoms with Crippen LogP contribution in [0.4, 0.5) is 0 Å². The molecule has 0 saturated carbocycles. The second kappa shape index (κ2) is 3.35. The second-order valence-corrected chi connectivity index (χ2v) is 6.95. The smallest absolute Gasteiger partial charge is 0.184 e. The number of hydrogen-bond donors (Lipinski definition) is 0. The first-order chi connectivity index (χ1) is 6.25. The van der Waals surface area contributed by atoms with Crippen LogP contribution in [0.3, 0.4) is 0 Å². The zero-order chi connectivity index (χ0) is 11.0. The van der Waals surface area contributed by atoms with E-state index < -0.39 is 14.6 Å². The maximum atomic E-state index is 11.9. The molecule has 3 nitrogen and oxygen atoms in total. The van der Waals surface area contributed by atoms with Gasteiger partial charge in [-0.3, -0.25) is 4.98 Å². The molecule has 1 heterocycles. The minimum atomic E-state index is -3.26. The Hall–Kier alpha value is -0.900. The molecule has 0 amide bonds. The van der Waals surface area contributed by atoms with Crippen LogP contribution < -0.4 is 0 Å². The summed E-state index contributed by atoms with van der Waals surface area (Å²) in [5.74, 6) is 0. The molecule has 0 atom stereocenters. The molecule has 0 fully saturated rings.